The van der Waals surface area contributed by atoms with E-state index in [9.17, 15) is 9.59 Å². The predicted molar refractivity (Wildman–Crippen MR) is 185 cm³/mol. The Morgan fingerprint density at radius 3 is 2.47 bits per heavy atom. The first-order valence-corrected chi connectivity index (χ1v) is 18.1. The normalized spacial score (nSPS) is 30.1. The lowest BCUT2D eigenvalue weighted by molar-refractivity contribution is -0.146. The summed E-state index contributed by atoms with van der Waals surface area (Å²) in [6, 6.07) is 7.65. The number of halogens is 3. The molecule has 1 aromatic carbocycles. The summed E-state index contributed by atoms with van der Waals surface area (Å²) < 4.78 is 15.0. The smallest absolute Gasteiger partial charge is 0.263 e. The zero-order valence-electron chi connectivity index (χ0n) is 27.6. The molecule has 0 bridgehead atoms. The van der Waals surface area contributed by atoms with Gasteiger partial charge in [-0.3, -0.25) is 14.5 Å². The van der Waals surface area contributed by atoms with Gasteiger partial charge in [-0.05, 0) is 94.9 Å². The fourth-order valence-corrected chi connectivity index (χ4v) is 9.73. The molecule has 250 valence electrons. The van der Waals surface area contributed by atoms with Gasteiger partial charge >= 0.3 is 0 Å². The molecule has 1 aliphatic carbocycles. The maximum absolute atomic E-state index is 15.0. The number of amidine groups is 1. The van der Waals surface area contributed by atoms with E-state index in [1.54, 1.807) is 18.3 Å². The Labute approximate surface area is 290 Å². The first-order chi connectivity index (χ1) is 22.3. The van der Waals surface area contributed by atoms with Crippen molar-refractivity contribution in [2.45, 2.75) is 95.5 Å². The molecule has 12 heteroatoms. The average Bonchev–Trinajstić information content (AvgIpc) is 3.40. The molecule has 4 aliphatic heterocycles. The van der Waals surface area contributed by atoms with E-state index in [1.165, 1.54) is 17.8 Å². The standard InChI is InChI=1S/C35H41Cl2FN6O2S/c1-19(2)28-29(32(46)43-20(3)7-11-26(43)31(45)42-17-21(4)41(6)35(18-42)13-14-35)47-33-40-34(5,23-9-12-27(37)39-16-23)30(44(28)33)22-8-10-24(36)25(38)15-22/h8-10,12,15-16,19-21,26,30H,7,11,13-14,17-18H2,1-6H3/t20-,21+,26-,30-,34+/m1/s1. The maximum Gasteiger partial charge on any atom is 0.263 e. The number of benzene rings is 1. The molecule has 47 heavy (non-hydrogen) atoms. The van der Waals surface area contributed by atoms with Crippen LogP contribution in [-0.4, -0.2) is 85.4 Å². The van der Waals surface area contributed by atoms with Crippen LogP contribution < -0.4 is 0 Å². The Morgan fingerprint density at radius 2 is 1.83 bits per heavy atom. The Kier molecular flexibility index (Phi) is 8.21. The van der Waals surface area contributed by atoms with Gasteiger partial charge in [-0.25, -0.2) is 14.4 Å². The fraction of sp³-hybridized carbons (Fsp3) is 0.543. The van der Waals surface area contributed by atoms with Gasteiger partial charge in [-0.1, -0.05) is 49.2 Å². The minimum absolute atomic E-state index is 0.0371. The van der Waals surface area contributed by atoms with Crippen molar-refractivity contribution in [2.75, 3.05) is 20.1 Å². The second kappa shape index (κ2) is 11.7. The van der Waals surface area contributed by atoms with Crippen molar-refractivity contribution >= 4 is 51.9 Å². The van der Waals surface area contributed by atoms with Gasteiger partial charge in [0.05, 0.1) is 11.1 Å². The van der Waals surface area contributed by atoms with E-state index in [-0.39, 0.29) is 40.4 Å². The number of thioether (sulfide) groups is 1. The quantitative estimate of drug-likeness (QED) is 0.319. The lowest BCUT2D eigenvalue weighted by Crippen LogP contribution is -2.62. The van der Waals surface area contributed by atoms with Crippen LogP contribution in [0.15, 0.2) is 52.1 Å². The lowest BCUT2D eigenvalue weighted by Gasteiger charge is -2.46. The lowest BCUT2D eigenvalue weighted by atomic mass is 9.81. The second-order valence-corrected chi connectivity index (χ2v) is 16.2. The third kappa shape index (κ3) is 5.29. The Bertz CT molecular complexity index is 1700. The molecule has 1 spiro atoms. The predicted octanol–water partition coefficient (Wildman–Crippen LogP) is 6.84. The summed E-state index contributed by atoms with van der Waals surface area (Å²) in [7, 11) is 2.17. The Morgan fingerprint density at radius 1 is 1.09 bits per heavy atom. The first kappa shape index (κ1) is 32.9. The number of nitrogens with zero attached hydrogens (tertiary/aromatic N) is 6. The van der Waals surface area contributed by atoms with Gasteiger partial charge < -0.3 is 14.7 Å². The van der Waals surface area contributed by atoms with Gasteiger partial charge in [-0.15, -0.1) is 0 Å². The van der Waals surface area contributed by atoms with Crippen LogP contribution >= 0.6 is 35.0 Å². The highest BCUT2D eigenvalue weighted by atomic mass is 35.5. The molecule has 2 saturated heterocycles. The van der Waals surface area contributed by atoms with Gasteiger partial charge in [0.1, 0.15) is 27.5 Å². The molecule has 0 unspecified atom stereocenters. The van der Waals surface area contributed by atoms with Crippen molar-refractivity contribution in [3.63, 3.8) is 0 Å². The summed E-state index contributed by atoms with van der Waals surface area (Å²) in [6.07, 6.45) is 5.32. The molecule has 2 amide bonds. The van der Waals surface area contributed by atoms with Crippen LogP contribution in [0.3, 0.4) is 0 Å². The molecule has 1 saturated carbocycles. The maximum atomic E-state index is 15.0. The highest BCUT2D eigenvalue weighted by Gasteiger charge is 2.56. The van der Waals surface area contributed by atoms with Crippen molar-refractivity contribution in [1.29, 1.82) is 0 Å². The van der Waals surface area contributed by atoms with Gasteiger partial charge in [0, 0.05) is 48.2 Å². The van der Waals surface area contributed by atoms with Gasteiger partial charge in [0.2, 0.25) is 5.91 Å². The molecule has 7 rings (SSSR count). The molecule has 0 radical (unpaired) electrons. The van der Waals surface area contributed by atoms with Gasteiger partial charge in [0.15, 0.2) is 5.17 Å². The number of fused-ring (bicyclic) bond motifs is 1. The summed E-state index contributed by atoms with van der Waals surface area (Å²) in [6.45, 7) is 11.7. The summed E-state index contributed by atoms with van der Waals surface area (Å²) >= 11 is 13.6. The van der Waals surface area contributed by atoms with Crippen molar-refractivity contribution < 1.29 is 14.0 Å². The number of hydrogen-bond donors (Lipinski definition) is 0. The SMILES string of the molecule is CC(C)C1=C(C(=O)N2[C@H](C)CC[C@@H]2C(=O)N2C[C@H](C)N(C)C3(CC3)C2)SC2=N[C@@](C)(c3ccc(Cl)nc3)[C@@H](c3ccc(Cl)c(F)c3)N21. The third-order valence-corrected chi connectivity index (χ3v) is 12.6. The summed E-state index contributed by atoms with van der Waals surface area (Å²) in [5.74, 6) is -0.678. The van der Waals surface area contributed by atoms with E-state index in [0.717, 1.165) is 37.1 Å². The number of likely N-dealkylation sites (tertiary alicyclic amines) is 1. The second-order valence-electron chi connectivity index (χ2n) is 14.4. The number of carbonyl (C=O) groups is 2. The largest absolute Gasteiger partial charge is 0.337 e. The molecule has 5 atom stereocenters. The number of carbonyl (C=O) groups excluding carboxylic acids is 2. The average molecular weight is 700 g/mol. The number of amides is 2. The highest BCUT2D eigenvalue weighted by molar-refractivity contribution is 8.18. The molecule has 1 aromatic heterocycles. The van der Waals surface area contributed by atoms with Crippen LogP contribution in [0.5, 0.6) is 0 Å². The molecule has 0 N–H and O–H groups in total. The zero-order valence-corrected chi connectivity index (χ0v) is 30.0. The van der Waals surface area contributed by atoms with Crippen molar-refractivity contribution in [2.24, 2.45) is 10.9 Å². The van der Waals surface area contributed by atoms with E-state index in [0.29, 0.717) is 33.8 Å². The van der Waals surface area contributed by atoms with Gasteiger partial charge in [0.25, 0.3) is 5.91 Å². The van der Waals surface area contributed by atoms with E-state index >= 15 is 4.39 Å². The minimum atomic E-state index is -0.870. The zero-order chi connectivity index (χ0) is 33.6. The first-order valence-electron chi connectivity index (χ1n) is 16.5. The van der Waals surface area contributed by atoms with Crippen LogP contribution in [0.4, 0.5) is 4.39 Å². The Balaban J connectivity index is 1.26. The highest BCUT2D eigenvalue weighted by Crippen LogP contribution is 2.56. The number of piperazine rings is 1. The number of rotatable bonds is 5. The molecule has 2 aromatic rings. The van der Waals surface area contributed by atoms with Crippen LogP contribution in [0.1, 0.15) is 77.5 Å². The summed E-state index contributed by atoms with van der Waals surface area (Å²) in [5.41, 5.74) is 1.52. The number of likely N-dealkylation sites (N-methyl/N-ethyl adjacent to an activating group) is 1. The van der Waals surface area contributed by atoms with E-state index in [4.69, 9.17) is 28.2 Å². The van der Waals surface area contributed by atoms with E-state index in [2.05, 4.69) is 42.6 Å². The van der Waals surface area contributed by atoms with E-state index < -0.39 is 23.4 Å². The number of pyridine rings is 1. The molecule has 3 fully saturated rings. The van der Waals surface area contributed by atoms with Crippen LogP contribution in [0.25, 0.3) is 0 Å². The third-order valence-electron chi connectivity index (χ3n) is 11.0. The monoisotopic (exact) mass is 698 g/mol. The number of hydrogen-bond acceptors (Lipinski definition) is 7. The molecule has 8 nitrogen and oxygen atoms in total. The summed E-state index contributed by atoms with van der Waals surface area (Å²) in [4.78, 5) is 47.5. The summed E-state index contributed by atoms with van der Waals surface area (Å²) in [5, 5.41) is 1.06. The van der Waals surface area contributed by atoms with Crippen molar-refractivity contribution in [3.8, 4) is 0 Å². The molecular formula is C35H41Cl2FN6O2S. The molecule has 5 heterocycles. The Hall–Kier alpha value is -2.66. The fourth-order valence-electron chi connectivity index (χ4n) is 8.15. The minimum Gasteiger partial charge on any atom is -0.337 e. The van der Waals surface area contributed by atoms with Crippen LogP contribution in [0.2, 0.25) is 10.2 Å². The van der Waals surface area contributed by atoms with Gasteiger partial charge in [-0.2, -0.15) is 0 Å². The number of aliphatic imine (C=N–C) groups is 1. The molecule has 5 aliphatic rings. The van der Waals surface area contributed by atoms with E-state index in [1.807, 2.05) is 35.8 Å². The topological polar surface area (TPSA) is 72.4 Å². The number of allylic oxidation sites excluding steroid dienone is 1. The van der Waals surface area contributed by atoms with Crippen LogP contribution in [0, 0.1) is 11.7 Å². The van der Waals surface area contributed by atoms with Crippen molar-refractivity contribution in [1.82, 2.24) is 24.6 Å². The van der Waals surface area contributed by atoms with Crippen molar-refractivity contribution in [3.05, 3.63) is 74.3 Å². The molecular weight excluding hydrogens is 658 g/mol. The van der Waals surface area contributed by atoms with Crippen LogP contribution in [-0.2, 0) is 15.1 Å². The number of aromatic nitrogens is 1.